The van der Waals surface area contributed by atoms with Crippen LogP contribution in [-0.2, 0) is 4.79 Å². The molecule has 5 heteroatoms. The van der Waals surface area contributed by atoms with Crippen molar-refractivity contribution < 1.29 is 4.79 Å². The second kappa shape index (κ2) is 7.42. The number of benzene rings is 1. The molecule has 5 nitrogen and oxygen atoms in total. The third-order valence-electron chi connectivity index (χ3n) is 2.61. The first kappa shape index (κ1) is 14.2. The van der Waals surface area contributed by atoms with Gasteiger partial charge in [-0.1, -0.05) is 25.1 Å². The molecule has 0 saturated heterocycles. The smallest absolute Gasteiger partial charge is 0.226 e. The zero-order valence-corrected chi connectivity index (χ0v) is 10.8. The van der Waals surface area contributed by atoms with Gasteiger partial charge in [0.05, 0.1) is 5.29 Å². The van der Waals surface area contributed by atoms with Crippen molar-refractivity contribution in [1.82, 2.24) is 5.01 Å². The number of para-hydroxylation sites is 1. The van der Waals surface area contributed by atoms with Crippen LogP contribution in [0, 0.1) is 11.8 Å². The van der Waals surface area contributed by atoms with E-state index in [-0.39, 0.29) is 12.3 Å². The van der Waals surface area contributed by atoms with Crippen molar-refractivity contribution in [3.05, 3.63) is 34.7 Å². The van der Waals surface area contributed by atoms with Crippen LogP contribution in [0.15, 0.2) is 29.6 Å². The quantitative estimate of drug-likeness (QED) is 0.597. The summed E-state index contributed by atoms with van der Waals surface area (Å²) in [6.07, 6.45) is 1.10. The standard InChI is InChI=1S/C13H19N3O2/c1-3-9-16(15-18)10-8-13(17)14-12-7-5-4-6-11(12)2/h4-7H,3,8-10H2,1-2H3,(H,14,17). The summed E-state index contributed by atoms with van der Waals surface area (Å²) in [6, 6.07) is 7.59. The van der Waals surface area contributed by atoms with Gasteiger partial charge in [-0.25, -0.2) is 0 Å². The highest BCUT2D eigenvalue weighted by Crippen LogP contribution is 2.13. The van der Waals surface area contributed by atoms with Gasteiger partial charge in [0.1, 0.15) is 0 Å². The van der Waals surface area contributed by atoms with Gasteiger partial charge < -0.3 is 5.32 Å². The second-order valence-corrected chi connectivity index (χ2v) is 4.15. The molecule has 0 unspecified atom stereocenters. The molecular weight excluding hydrogens is 230 g/mol. The number of nitroso groups, excluding NO2 is 1. The van der Waals surface area contributed by atoms with Gasteiger partial charge in [0.25, 0.3) is 0 Å². The van der Waals surface area contributed by atoms with E-state index in [1.54, 1.807) is 0 Å². The van der Waals surface area contributed by atoms with Gasteiger partial charge in [0.15, 0.2) is 0 Å². The largest absolute Gasteiger partial charge is 0.326 e. The molecule has 98 valence electrons. The second-order valence-electron chi connectivity index (χ2n) is 4.15. The van der Waals surface area contributed by atoms with Gasteiger partial charge >= 0.3 is 0 Å². The molecule has 1 N–H and O–H groups in total. The van der Waals surface area contributed by atoms with E-state index in [0.717, 1.165) is 17.7 Å². The Morgan fingerprint density at radius 1 is 1.33 bits per heavy atom. The first-order valence-corrected chi connectivity index (χ1v) is 6.11. The fourth-order valence-electron chi connectivity index (χ4n) is 1.61. The predicted molar refractivity (Wildman–Crippen MR) is 72.1 cm³/mol. The molecule has 0 fully saturated rings. The third kappa shape index (κ3) is 4.53. The van der Waals surface area contributed by atoms with E-state index >= 15 is 0 Å². The molecule has 0 aliphatic carbocycles. The Hall–Kier alpha value is -1.91. The number of hydrogen-bond donors (Lipinski definition) is 1. The van der Waals surface area contributed by atoms with Crippen molar-refractivity contribution in [3.63, 3.8) is 0 Å². The molecule has 1 aromatic rings. The maximum Gasteiger partial charge on any atom is 0.226 e. The molecule has 0 aromatic heterocycles. The zero-order valence-electron chi connectivity index (χ0n) is 10.8. The fraction of sp³-hybridized carbons (Fsp3) is 0.462. The summed E-state index contributed by atoms with van der Waals surface area (Å²) in [4.78, 5) is 22.2. The number of rotatable bonds is 7. The van der Waals surface area contributed by atoms with Crippen LogP contribution < -0.4 is 5.32 Å². The number of carbonyl (C=O) groups is 1. The predicted octanol–water partition coefficient (Wildman–Crippen LogP) is 2.72. The first-order chi connectivity index (χ1) is 8.67. The van der Waals surface area contributed by atoms with Crippen molar-refractivity contribution in [1.29, 1.82) is 0 Å². The molecule has 0 atom stereocenters. The average Bonchev–Trinajstić information content (AvgIpc) is 2.37. The summed E-state index contributed by atoms with van der Waals surface area (Å²) in [5, 5.41) is 7.07. The van der Waals surface area contributed by atoms with Crippen LogP contribution in [-0.4, -0.2) is 24.0 Å². The number of carbonyl (C=O) groups excluding carboxylic acids is 1. The van der Waals surface area contributed by atoms with Crippen LogP contribution in [0.5, 0.6) is 0 Å². The first-order valence-electron chi connectivity index (χ1n) is 6.11. The summed E-state index contributed by atoms with van der Waals surface area (Å²) in [6.45, 7) is 4.84. The molecular formula is C13H19N3O2. The number of nitrogens with one attached hydrogen (secondary N) is 1. The number of amides is 1. The third-order valence-corrected chi connectivity index (χ3v) is 2.61. The van der Waals surface area contributed by atoms with Gasteiger partial charge in [-0.2, -0.15) is 0 Å². The highest BCUT2D eigenvalue weighted by Gasteiger charge is 2.07. The molecule has 0 aliphatic heterocycles. The van der Waals surface area contributed by atoms with E-state index in [0.29, 0.717) is 13.1 Å². The van der Waals surface area contributed by atoms with E-state index in [9.17, 15) is 9.70 Å². The van der Waals surface area contributed by atoms with Crippen molar-refractivity contribution in [2.45, 2.75) is 26.7 Å². The Balaban J connectivity index is 2.42. The van der Waals surface area contributed by atoms with Gasteiger partial charge in [-0.15, -0.1) is 4.91 Å². The van der Waals surface area contributed by atoms with Crippen LogP contribution in [0.2, 0.25) is 0 Å². The zero-order chi connectivity index (χ0) is 13.4. The number of aryl methyl sites for hydroxylation is 1. The summed E-state index contributed by atoms with van der Waals surface area (Å²) in [5.74, 6) is -0.103. The molecule has 0 aliphatic rings. The maximum absolute atomic E-state index is 11.7. The summed E-state index contributed by atoms with van der Waals surface area (Å²) >= 11 is 0. The highest BCUT2D eigenvalue weighted by atomic mass is 16.3. The topological polar surface area (TPSA) is 61.8 Å². The molecule has 1 rings (SSSR count). The minimum absolute atomic E-state index is 0.103. The lowest BCUT2D eigenvalue weighted by atomic mass is 10.2. The Labute approximate surface area is 107 Å². The van der Waals surface area contributed by atoms with Crippen molar-refractivity contribution in [3.8, 4) is 0 Å². The Bertz CT molecular complexity index is 407. The van der Waals surface area contributed by atoms with E-state index < -0.39 is 0 Å². The lowest BCUT2D eigenvalue weighted by Crippen LogP contribution is -2.24. The summed E-state index contributed by atoms with van der Waals surface area (Å²) < 4.78 is 0. The Morgan fingerprint density at radius 3 is 2.67 bits per heavy atom. The maximum atomic E-state index is 11.7. The molecule has 0 bridgehead atoms. The van der Waals surface area contributed by atoms with Crippen LogP contribution >= 0.6 is 0 Å². The van der Waals surface area contributed by atoms with Crippen molar-refractivity contribution in [2.75, 3.05) is 18.4 Å². The van der Waals surface area contributed by atoms with Crippen molar-refractivity contribution >= 4 is 11.6 Å². The summed E-state index contributed by atoms with van der Waals surface area (Å²) in [5.41, 5.74) is 1.83. The minimum Gasteiger partial charge on any atom is -0.326 e. The van der Waals surface area contributed by atoms with Gasteiger partial charge in [0.2, 0.25) is 5.91 Å². The van der Waals surface area contributed by atoms with Crippen LogP contribution in [0.1, 0.15) is 25.3 Å². The molecule has 0 heterocycles. The van der Waals surface area contributed by atoms with Gasteiger partial charge in [0, 0.05) is 25.2 Å². The molecule has 0 spiro atoms. The van der Waals surface area contributed by atoms with Gasteiger partial charge in [-0.05, 0) is 25.0 Å². The molecule has 0 saturated carbocycles. The van der Waals surface area contributed by atoms with E-state index in [2.05, 4.69) is 10.6 Å². The molecule has 0 radical (unpaired) electrons. The Kier molecular flexibility index (Phi) is 5.84. The van der Waals surface area contributed by atoms with E-state index in [1.807, 2.05) is 38.1 Å². The van der Waals surface area contributed by atoms with Crippen LogP contribution in [0.25, 0.3) is 0 Å². The summed E-state index contributed by atoms with van der Waals surface area (Å²) in [7, 11) is 0. The Morgan fingerprint density at radius 2 is 2.06 bits per heavy atom. The van der Waals surface area contributed by atoms with E-state index in [4.69, 9.17) is 0 Å². The molecule has 1 amide bonds. The lowest BCUT2D eigenvalue weighted by molar-refractivity contribution is -0.116. The molecule has 1 aromatic carbocycles. The normalized spacial score (nSPS) is 9.89. The SMILES string of the molecule is CCCN(CCC(=O)Nc1ccccc1C)N=O. The minimum atomic E-state index is -0.103. The van der Waals surface area contributed by atoms with Crippen molar-refractivity contribution in [2.24, 2.45) is 5.29 Å². The number of anilines is 1. The van der Waals surface area contributed by atoms with Crippen LogP contribution in [0.4, 0.5) is 5.69 Å². The highest BCUT2D eigenvalue weighted by molar-refractivity contribution is 5.91. The lowest BCUT2D eigenvalue weighted by Gasteiger charge is -2.14. The number of nitrogens with zero attached hydrogens (tertiary/aromatic N) is 2. The number of hydrogen-bond acceptors (Lipinski definition) is 3. The average molecular weight is 249 g/mol. The monoisotopic (exact) mass is 249 g/mol. The fourth-order valence-corrected chi connectivity index (χ4v) is 1.61. The van der Waals surface area contributed by atoms with Crippen LogP contribution in [0.3, 0.4) is 0 Å². The van der Waals surface area contributed by atoms with Gasteiger partial charge in [-0.3, -0.25) is 9.80 Å². The van der Waals surface area contributed by atoms with E-state index in [1.165, 1.54) is 5.01 Å². The molecule has 18 heavy (non-hydrogen) atoms.